The molecule has 1 aromatic carbocycles. The minimum Gasteiger partial charge on any atom is -0.490 e. The summed E-state index contributed by atoms with van der Waals surface area (Å²) < 4.78 is 6.16. The van der Waals surface area contributed by atoms with E-state index in [1.165, 1.54) is 19.3 Å². The summed E-state index contributed by atoms with van der Waals surface area (Å²) in [6, 6.07) is 5.89. The molecule has 2 rings (SSSR count). The monoisotopic (exact) mass is 245 g/mol. The largest absolute Gasteiger partial charge is 0.490 e. The molecule has 0 aliphatic heterocycles. The Morgan fingerprint density at radius 1 is 1.44 bits per heavy atom. The van der Waals surface area contributed by atoms with Crippen LogP contribution in [0, 0.1) is 5.92 Å². The van der Waals surface area contributed by atoms with E-state index in [2.05, 4.69) is 13.5 Å². The first-order chi connectivity index (χ1) is 8.69. The Hall–Kier alpha value is -1.44. The number of allylic oxidation sites excluding steroid dienone is 1. The second kappa shape index (κ2) is 5.94. The van der Waals surface area contributed by atoms with Crippen molar-refractivity contribution >= 4 is 5.69 Å². The van der Waals surface area contributed by atoms with Crippen LogP contribution in [0.15, 0.2) is 30.9 Å². The van der Waals surface area contributed by atoms with Crippen molar-refractivity contribution in [1.29, 1.82) is 0 Å². The van der Waals surface area contributed by atoms with Crippen LogP contribution in [0.4, 0.5) is 5.69 Å². The maximum absolute atomic E-state index is 6.16. The number of rotatable bonds is 4. The van der Waals surface area contributed by atoms with E-state index in [4.69, 9.17) is 10.5 Å². The van der Waals surface area contributed by atoms with Gasteiger partial charge in [0.1, 0.15) is 5.75 Å². The molecule has 2 heteroatoms. The number of anilines is 1. The van der Waals surface area contributed by atoms with E-state index in [0.29, 0.717) is 6.10 Å². The minimum atomic E-state index is 0.362. The molecule has 0 saturated heterocycles. The molecule has 2 atom stereocenters. The highest BCUT2D eigenvalue weighted by molar-refractivity contribution is 5.48. The lowest BCUT2D eigenvalue weighted by atomic mass is 9.88. The van der Waals surface area contributed by atoms with Crippen molar-refractivity contribution in [2.24, 2.45) is 5.92 Å². The van der Waals surface area contributed by atoms with Crippen molar-refractivity contribution in [2.75, 3.05) is 5.73 Å². The minimum absolute atomic E-state index is 0.362. The molecule has 2 nitrogen and oxygen atoms in total. The summed E-state index contributed by atoms with van der Waals surface area (Å²) >= 11 is 0. The van der Waals surface area contributed by atoms with Gasteiger partial charge in [-0.3, -0.25) is 0 Å². The average Bonchev–Trinajstić information content (AvgIpc) is 2.33. The zero-order valence-corrected chi connectivity index (χ0v) is 11.2. The third-order valence-electron chi connectivity index (χ3n) is 3.63. The molecule has 0 bridgehead atoms. The van der Waals surface area contributed by atoms with Gasteiger partial charge in [0.2, 0.25) is 0 Å². The number of benzene rings is 1. The van der Waals surface area contributed by atoms with E-state index in [1.54, 1.807) is 0 Å². The Morgan fingerprint density at radius 3 is 3.00 bits per heavy atom. The van der Waals surface area contributed by atoms with E-state index in [9.17, 15) is 0 Å². The summed E-state index contributed by atoms with van der Waals surface area (Å²) in [6.45, 7) is 6.10. The van der Waals surface area contributed by atoms with Crippen LogP contribution < -0.4 is 10.5 Å². The molecular weight excluding hydrogens is 222 g/mol. The highest BCUT2D eigenvalue weighted by Crippen LogP contribution is 2.30. The predicted molar refractivity (Wildman–Crippen MR) is 76.8 cm³/mol. The molecule has 1 aliphatic carbocycles. The van der Waals surface area contributed by atoms with Crippen LogP contribution in [0.5, 0.6) is 5.75 Å². The van der Waals surface area contributed by atoms with Crippen molar-refractivity contribution in [3.8, 4) is 5.75 Å². The zero-order valence-electron chi connectivity index (χ0n) is 11.2. The van der Waals surface area contributed by atoms with Crippen LogP contribution in [0.2, 0.25) is 0 Å². The Bertz CT molecular complexity index is 414. The fourth-order valence-corrected chi connectivity index (χ4v) is 2.69. The molecule has 1 aromatic rings. The lowest BCUT2D eigenvalue weighted by Gasteiger charge is -2.28. The smallest absolute Gasteiger partial charge is 0.123 e. The molecule has 0 aromatic heterocycles. The van der Waals surface area contributed by atoms with Crippen molar-refractivity contribution in [2.45, 2.75) is 45.1 Å². The van der Waals surface area contributed by atoms with Gasteiger partial charge in [-0.2, -0.15) is 0 Å². The Labute approximate surface area is 110 Å². The van der Waals surface area contributed by atoms with Gasteiger partial charge in [0.15, 0.2) is 0 Å². The van der Waals surface area contributed by atoms with E-state index in [0.717, 1.165) is 35.8 Å². The normalized spacial score (nSPS) is 23.6. The van der Waals surface area contributed by atoms with Crippen LogP contribution in [0.25, 0.3) is 0 Å². The van der Waals surface area contributed by atoms with Crippen LogP contribution in [-0.2, 0) is 6.42 Å². The molecule has 0 radical (unpaired) electrons. The topological polar surface area (TPSA) is 35.2 Å². The Kier molecular flexibility index (Phi) is 4.29. The van der Waals surface area contributed by atoms with Gasteiger partial charge in [-0.1, -0.05) is 19.4 Å². The van der Waals surface area contributed by atoms with Crippen LogP contribution >= 0.6 is 0 Å². The van der Waals surface area contributed by atoms with Gasteiger partial charge in [0, 0.05) is 5.69 Å². The van der Waals surface area contributed by atoms with Crippen LogP contribution in [0.3, 0.4) is 0 Å². The summed E-state index contributed by atoms with van der Waals surface area (Å²) in [7, 11) is 0. The highest BCUT2D eigenvalue weighted by atomic mass is 16.5. The fraction of sp³-hybridized carbons (Fsp3) is 0.500. The number of hydrogen-bond donors (Lipinski definition) is 1. The molecule has 1 saturated carbocycles. The van der Waals surface area contributed by atoms with Crippen molar-refractivity contribution in [1.82, 2.24) is 0 Å². The first-order valence-electron chi connectivity index (χ1n) is 6.85. The second-order valence-corrected chi connectivity index (χ2v) is 5.37. The molecular formula is C16H23NO. The first-order valence-corrected chi connectivity index (χ1v) is 6.85. The van der Waals surface area contributed by atoms with E-state index in [-0.39, 0.29) is 0 Å². The standard InChI is InChI=1S/C16H23NO/c1-3-5-13-11-14(17)8-9-16(13)18-15-7-4-6-12(2)10-15/h3,8-9,11-12,15H,1,4-7,10,17H2,2H3. The molecule has 0 amide bonds. The molecule has 0 spiro atoms. The lowest BCUT2D eigenvalue weighted by molar-refractivity contribution is 0.128. The summed E-state index contributed by atoms with van der Waals surface area (Å²) in [5.74, 6) is 1.75. The fourth-order valence-electron chi connectivity index (χ4n) is 2.69. The number of hydrogen-bond acceptors (Lipinski definition) is 2. The molecule has 18 heavy (non-hydrogen) atoms. The first kappa shape index (κ1) is 13.0. The molecule has 2 unspecified atom stereocenters. The Balaban J connectivity index is 2.09. The quantitative estimate of drug-likeness (QED) is 0.644. The van der Waals surface area contributed by atoms with Crippen LogP contribution in [-0.4, -0.2) is 6.10 Å². The molecule has 1 fully saturated rings. The van der Waals surface area contributed by atoms with Gasteiger partial charge >= 0.3 is 0 Å². The molecule has 2 N–H and O–H groups in total. The summed E-state index contributed by atoms with van der Waals surface area (Å²) in [5, 5.41) is 0. The lowest BCUT2D eigenvalue weighted by Crippen LogP contribution is -2.24. The summed E-state index contributed by atoms with van der Waals surface area (Å²) in [4.78, 5) is 0. The zero-order chi connectivity index (χ0) is 13.0. The SMILES string of the molecule is C=CCc1cc(N)ccc1OC1CCCC(C)C1. The van der Waals surface area contributed by atoms with E-state index >= 15 is 0 Å². The highest BCUT2D eigenvalue weighted by Gasteiger charge is 2.20. The van der Waals surface area contributed by atoms with Gasteiger partial charge in [-0.05, 0) is 55.4 Å². The average molecular weight is 245 g/mol. The van der Waals surface area contributed by atoms with Gasteiger partial charge in [0.05, 0.1) is 6.10 Å². The number of nitrogen functional groups attached to an aromatic ring is 1. The predicted octanol–water partition coefficient (Wildman–Crippen LogP) is 3.95. The number of ether oxygens (including phenoxy) is 1. The Morgan fingerprint density at radius 2 is 2.28 bits per heavy atom. The van der Waals surface area contributed by atoms with E-state index in [1.807, 2.05) is 24.3 Å². The van der Waals surface area contributed by atoms with Gasteiger partial charge in [-0.15, -0.1) is 6.58 Å². The second-order valence-electron chi connectivity index (χ2n) is 5.37. The molecule has 98 valence electrons. The molecule has 1 aliphatic rings. The third kappa shape index (κ3) is 3.28. The third-order valence-corrected chi connectivity index (χ3v) is 3.63. The number of nitrogens with two attached hydrogens (primary N) is 1. The van der Waals surface area contributed by atoms with Crippen molar-refractivity contribution < 1.29 is 4.74 Å². The van der Waals surface area contributed by atoms with Gasteiger partial charge in [0.25, 0.3) is 0 Å². The van der Waals surface area contributed by atoms with Crippen molar-refractivity contribution in [3.05, 3.63) is 36.4 Å². The summed E-state index contributed by atoms with van der Waals surface area (Å²) in [6.07, 6.45) is 8.01. The van der Waals surface area contributed by atoms with Gasteiger partial charge in [-0.25, -0.2) is 0 Å². The van der Waals surface area contributed by atoms with Crippen molar-refractivity contribution in [3.63, 3.8) is 0 Å². The van der Waals surface area contributed by atoms with Gasteiger partial charge < -0.3 is 10.5 Å². The summed E-state index contributed by atoms with van der Waals surface area (Å²) in [5.41, 5.74) is 7.75. The van der Waals surface area contributed by atoms with Crippen LogP contribution in [0.1, 0.15) is 38.2 Å². The van der Waals surface area contributed by atoms with E-state index < -0.39 is 0 Å². The maximum atomic E-state index is 6.16. The maximum Gasteiger partial charge on any atom is 0.123 e. The molecule has 0 heterocycles.